The Bertz CT molecular complexity index is 722. The van der Waals surface area contributed by atoms with Crippen molar-refractivity contribution in [2.24, 2.45) is 7.05 Å². The van der Waals surface area contributed by atoms with Crippen molar-refractivity contribution in [2.75, 3.05) is 19.7 Å². The predicted octanol–water partition coefficient (Wildman–Crippen LogP) is 2.51. The fourth-order valence-corrected chi connectivity index (χ4v) is 3.26. The Balaban J connectivity index is 1.65. The minimum atomic E-state index is -0.0161. The molecule has 1 aliphatic heterocycles. The Morgan fingerprint density at radius 2 is 2.12 bits per heavy atom. The van der Waals surface area contributed by atoms with E-state index in [0.717, 1.165) is 42.8 Å². The Morgan fingerprint density at radius 1 is 1.36 bits per heavy atom. The summed E-state index contributed by atoms with van der Waals surface area (Å²) in [5.74, 6) is 0.812. The van der Waals surface area contributed by atoms with Gasteiger partial charge in [-0.15, -0.1) is 0 Å². The molecule has 1 fully saturated rings. The maximum atomic E-state index is 12.0. The SMILES string of the molecule is CC(=O)N(C(C)COc1c[c]cc(-c2cnn(C)c2)c1)N1CCCC1. The number of carbonyl (C=O) groups excluding carboxylic acids is 1. The number of nitrogens with zero attached hydrogens (tertiary/aromatic N) is 4. The summed E-state index contributed by atoms with van der Waals surface area (Å²) in [6.07, 6.45) is 6.06. The molecule has 1 aromatic heterocycles. The lowest BCUT2D eigenvalue weighted by Crippen LogP contribution is -2.51. The molecule has 25 heavy (non-hydrogen) atoms. The molecular formula is C19H25N4O2. The molecule has 133 valence electrons. The Labute approximate surface area is 149 Å². The zero-order valence-electron chi connectivity index (χ0n) is 15.1. The van der Waals surface area contributed by atoms with E-state index in [1.54, 1.807) is 11.6 Å². The molecule has 1 saturated heterocycles. The Hall–Kier alpha value is -2.34. The standard InChI is InChI=1S/C19H25N4O2/c1-15(23(16(2)24)22-9-4-5-10-22)14-25-19-8-6-7-17(11-19)18-12-20-21(3)13-18/h7-8,11-13,15H,4-5,9-10,14H2,1-3H3. The minimum Gasteiger partial charge on any atom is -0.491 e. The minimum absolute atomic E-state index is 0.0161. The van der Waals surface area contributed by atoms with Crippen LogP contribution < -0.4 is 4.74 Å². The summed E-state index contributed by atoms with van der Waals surface area (Å²) in [6, 6.07) is 8.82. The molecule has 1 unspecified atom stereocenters. The number of rotatable bonds is 6. The molecule has 6 nitrogen and oxygen atoms in total. The summed E-state index contributed by atoms with van der Waals surface area (Å²) < 4.78 is 7.72. The van der Waals surface area contributed by atoms with Crippen LogP contribution in [0.25, 0.3) is 11.1 Å². The van der Waals surface area contributed by atoms with Gasteiger partial charge in [0.2, 0.25) is 5.91 Å². The molecular weight excluding hydrogens is 316 g/mol. The summed E-state index contributed by atoms with van der Waals surface area (Å²) in [4.78, 5) is 12.0. The highest BCUT2D eigenvalue weighted by Crippen LogP contribution is 2.23. The van der Waals surface area contributed by atoms with E-state index < -0.39 is 0 Å². The van der Waals surface area contributed by atoms with Crippen molar-refractivity contribution in [3.05, 3.63) is 36.7 Å². The zero-order valence-corrected chi connectivity index (χ0v) is 15.1. The van der Waals surface area contributed by atoms with Gasteiger partial charge in [-0.3, -0.25) is 14.5 Å². The molecule has 0 N–H and O–H groups in total. The molecule has 6 heteroatoms. The van der Waals surface area contributed by atoms with Crippen LogP contribution in [-0.2, 0) is 11.8 Å². The lowest BCUT2D eigenvalue weighted by Gasteiger charge is -2.35. The van der Waals surface area contributed by atoms with E-state index in [2.05, 4.69) is 16.2 Å². The number of hydrogen-bond donors (Lipinski definition) is 0. The Kier molecular flexibility index (Phi) is 5.38. The average molecular weight is 341 g/mol. The Morgan fingerprint density at radius 3 is 2.76 bits per heavy atom. The first-order valence-electron chi connectivity index (χ1n) is 8.72. The fourth-order valence-electron chi connectivity index (χ4n) is 3.26. The molecule has 1 atom stereocenters. The highest BCUT2D eigenvalue weighted by molar-refractivity contribution is 5.73. The van der Waals surface area contributed by atoms with Crippen LogP contribution in [0.5, 0.6) is 5.75 Å². The molecule has 1 radical (unpaired) electrons. The fraction of sp³-hybridized carbons (Fsp3) is 0.474. The largest absolute Gasteiger partial charge is 0.491 e. The third kappa shape index (κ3) is 4.20. The van der Waals surface area contributed by atoms with E-state index in [4.69, 9.17) is 4.74 Å². The first-order valence-corrected chi connectivity index (χ1v) is 8.72. The molecule has 0 spiro atoms. The molecule has 2 aromatic rings. The second-order valence-corrected chi connectivity index (χ2v) is 6.54. The second-order valence-electron chi connectivity index (χ2n) is 6.54. The molecule has 2 heterocycles. The monoisotopic (exact) mass is 341 g/mol. The maximum Gasteiger partial charge on any atom is 0.234 e. The lowest BCUT2D eigenvalue weighted by molar-refractivity contribution is -0.151. The molecule has 1 aliphatic rings. The first-order chi connectivity index (χ1) is 12.0. The van der Waals surface area contributed by atoms with Crippen molar-refractivity contribution in [3.8, 4) is 16.9 Å². The quantitative estimate of drug-likeness (QED) is 0.810. The van der Waals surface area contributed by atoms with Crippen molar-refractivity contribution in [3.63, 3.8) is 0 Å². The number of ether oxygens (including phenoxy) is 1. The number of amides is 1. The van der Waals surface area contributed by atoms with E-state index in [-0.39, 0.29) is 11.9 Å². The van der Waals surface area contributed by atoms with Crippen LogP contribution in [0.3, 0.4) is 0 Å². The molecule has 0 saturated carbocycles. The van der Waals surface area contributed by atoms with Crippen molar-refractivity contribution in [1.82, 2.24) is 19.8 Å². The summed E-state index contributed by atoms with van der Waals surface area (Å²) in [5.41, 5.74) is 2.04. The third-order valence-electron chi connectivity index (χ3n) is 4.42. The van der Waals surface area contributed by atoms with Gasteiger partial charge in [0.15, 0.2) is 0 Å². The molecule has 3 rings (SSSR count). The summed E-state index contributed by atoms with van der Waals surface area (Å²) >= 11 is 0. The zero-order chi connectivity index (χ0) is 17.8. The van der Waals surface area contributed by atoms with Gasteiger partial charge >= 0.3 is 0 Å². The van der Waals surface area contributed by atoms with Crippen molar-refractivity contribution in [2.45, 2.75) is 32.7 Å². The predicted molar refractivity (Wildman–Crippen MR) is 95.8 cm³/mol. The lowest BCUT2D eigenvalue weighted by atomic mass is 10.1. The second kappa shape index (κ2) is 7.70. The van der Waals surface area contributed by atoms with Crippen LogP contribution in [0, 0.1) is 6.07 Å². The number of hydrazine groups is 1. The topological polar surface area (TPSA) is 50.6 Å². The number of aryl methyl sites for hydroxylation is 1. The first kappa shape index (κ1) is 17.5. The van der Waals surface area contributed by atoms with Crippen molar-refractivity contribution in [1.29, 1.82) is 0 Å². The van der Waals surface area contributed by atoms with Crippen LogP contribution in [0.1, 0.15) is 26.7 Å². The molecule has 0 aliphatic carbocycles. The van der Waals surface area contributed by atoms with Gasteiger partial charge in [-0.25, -0.2) is 5.01 Å². The van der Waals surface area contributed by atoms with Crippen LogP contribution in [-0.4, -0.2) is 51.4 Å². The third-order valence-corrected chi connectivity index (χ3v) is 4.42. The van der Waals surface area contributed by atoms with Crippen molar-refractivity contribution >= 4 is 5.91 Å². The smallest absolute Gasteiger partial charge is 0.234 e. The van der Waals surface area contributed by atoms with Crippen molar-refractivity contribution < 1.29 is 9.53 Å². The summed E-state index contributed by atoms with van der Waals surface area (Å²) in [6.45, 7) is 5.96. The number of hydrogen-bond acceptors (Lipinski definition) is 4. The van der Waals surface area contributed by atoms with Gasteiger partial charge in [0, 0.05) is 38.8 Å². The van der Waals surface area contributed by atoms with E-state index in [1.807, 2.05) is 49.6 Å². The van der Waals surface area contributed by atoms with Gasteiger partial charge in [0.05, 0.1) is 12.2 Å². The van der Waals surface area contributed by atoms with E-state index in [9.17, 15) is 4.79 Å². The van der Waals surface area contributed by atoms with Crippen LogP contribution in [0.15, 0.2) is 30.6 Å². The highest BCUT2D eigenvalue weighted by atomic mass is 16.5. The van der Waals surface area contributed by atoms with Crippen LogP contribution in [0.2, 0.25) is 0 Å². The molecule has 1 aromatic carbocycles. The van der Waals surface area contributed by atoms with Gasteiger partial charge in [0.1, 0.15) is 12.4 Å². The van der Waals surface area contributed by atoms with Gasteiger partial charge in [-0.1, -0.05) is 0 Å². The van der Waals surface area contributed by atoms with Gasteiger partial charge < -0.3 is 4.74 Å². The van der Waals surface area contributed by atoms with E-state index in [1.165, 1.54) is 0 Å². The summed E-state index contributed by atoms with van der Waals surface area (Å²) in [7, 11) is 1.89. The molecule has 0 bridgehead atoms. The summed E-state index contributed by atoms with van der Waals surface area (Å²) in [5, 5.41) is 8.16. The van der Waals surface area contributed by atoms with Gasteiger partial charge in [-0.05, 0) is 49.6 Å². The number of carbonyl (C=O) groups is 1. The van der Waals surface area contributed by atoms with E-state index >= 15 is 0 Å². The van der Waals surface area contributed by atoms with Crippen LogP contribution in [0.4, 0.5) is 0 Å². The van der Waals surface area contributed by atoms with Crippen LogP contribution >= 0.6 is 0 Å². The number of benzene rings is 1. The average Bonchev–Trinajstić information content (AvgIpc) is 3.25. The maximum absolute atomic E-state index is 12.0. The van der Waals surface area contributed by atoms with Gasteiger partial charge in [-0.2, -0.15) is 5.10 Å². The highest BCUT2D eigenvalue weighted by Gasteiger charge is 2.26. The number of aromatic nitrogens is 2. The molecule has 1 amide bonds. The van der Waals surface area contributed by atoms with E-state index in [0.29, 0.717) is 6.61 Å². The van der Waals surface area contributed by atoms with Gasteiger partial charge in [0.25, 0.3) is 0 Å². The normalized spacial score (nSPS) is 16.0.